The van der Waals surface area contributed by atoms with Crippen LogP contribution >= 0.6 is 17.0 Å². The first-order valence-electron chi connectivity index (χ1n) is 11.0. The molecule has 1 aromatic carbocycles. The molecule has 4 bridgehead atoms. The van der Waals surface area contributed by atoms with Gasteiger partial charge in [0.2, 0.25) is 0 Å². The van der Waals surface area contributed by atoms with E-state index in [9.17, 15) is 0 Å². The third-order valence-corrected chi connectivity index (χ3v) is 8.75. The van der Waals surface area contributed by atoms with Crippen LogP contribution in [0.4, 0.5) is 0 Å². The fourth-order valence-electron chi connectivity index (χ4n) is 7.63. The summed E-state index contributed by atoms with van der Waals surface area (Å²) in [5.74, 6) is 2.91. The SMILES string of the molecule is Br.COc1ccc2c(c1)[C@]13CCCC[C@H]1[C@H](C2)N(C1CC2CCN1C2)CC3. The molecule has 4 fully saturated rings. The summed E-state index contributed by atoms with van der Waals surface area (Å²) in [5, 5.41) is 0. The van der Waals surface area contributed by atoms with Crippen molar-refractivity contribution in [3.05, 3.63) is 29.3 Å². The predicted octanol–water partition coefficient (Wildman–Crippen LogP) is 4.38. The van der Waals surface area contributed by atoms with Gasteiger partial charge in [0.25, 0.3) is 0 Å². The van der Waals surface area contributed by atoms with Crippen LogP contribution in [0, 0.1) is 11.8 Å². The highest BCUT2D eigenvalue weighted by atomic mass is 79.9. The van der Waals surface area contributed by atoms with Crippen molar-refractivity contribution in [1.29, 1.82) is 0 Å². The topological polar surface area (TPSA) is 15.7 Å². The monoisotopic (exact) mass is 432 g/mol. The van der Waals surface area contributed by atoms with Gasteiger partial charge in [-0.25, -0.2) is 0 Å². The minimum atomic E-state index is 0. The zero-order valence-electron chi connectivity index (χ0n) is 16.5. The number of rotatable bonds is 2. The van der Waals surface area contributed by atoms with E-state index in [1.54, 1.807) is 11.1 Å². The van der Waals surface area contributed by atoms with Crippen molar-refractivity contribution < 1.29 is 4.74 Å². The third kappa shape index (κ3) is 2.59. The lowest BCUT2D eigenvalue weighted by Gasteiger charge is -2.61. The first kappa shape index (κ1) is 18.4. The van der Waals surface area contributed by atoms with Crippen molar-refractivity contribution in [3.63, 3.8) is 0 Å². The van der Waals surface area contributed by atoms with E-state index >= 15 is 0 Å². The number of hydrogen-bond acceptors (Lipinski definition) is 3. The second-order valence-electron chi connectivity index (χ2n) is 9.66. The molecule has 3 saturated heterocycles. The molecule has 1 saturated carbocycles. The first-order chi connectivity index (χ1) is 12.8. The van der Waals surface area contributed by atoms with Crippen molar-refractivity contribution in [2.75, 3.05) is 26.7 Å². The highest BCUT2D eigenvalue weighted by Gasteiger charge is 2.56. The lowest BCUT2D eigenvalue weighted by Crippen LogP contribution is -2.64. The average Bonchev–Trinajstić information content (AvgIpc) is 3.31. The van der Waals surface area contributed by atoms with Crippen molar-refractivity contribution in [2.45, 2.75) is 69.0 Å². The maximum atomic E-state index is 5.61. The Labute approximate surface area is 174 Å². The normalized spacial score (nSPS) is 42.2. The Morgan fingerprint density at radius 2 is 2.04 bits per heavy atom. The molecule has 2 aliphatic carbocycles. The first-order valence-corrected chi connectivity index (χ1v) is 11.0. The molecule has 0 N–H and O–H groups in total. The van der Waals surface area contributed by atoms with Crippen LogP contribution in [-0.2, 0) is 11.8 Å². The molecule has 6 atom stereocenters. The second kappa shape index (κ2) is 6.74. The number of piperidine rings is 2. The number of nitrogens with zero attached hydrogens (tertiary/aromatic N) is 2. The fraction of sp³-hybridized carbons (Fsp3) is 0.739. The van der Waals surface area contributed by atoms with Gasteiger partial charge in [-0.15, -0.1) is 17.0 Å². The van der Waals surface area contributed by atoms with E-state index in [1.807, 2.05) is 7.11 Å². The van der Waals surface area contributed by atoms with E-state index in [-0.39, 0.29) is 17.0 Å². The molecule has 148 valence electrons. The molecule has 0 radical (unpaired) electrons. The Balaban J connectivity index is 0.00000160. The molecule has 0 aromatic heterocycles. The Hall–Kier alpha value is -0.580. The van der Waals surface area contributed by atoms with E-state index < -0.39 is 0 Å². The molecule has 4 heteroatoms. The minimum Gasteiger partial charge on any atom is -0.497 e. The van der Waals surface area contributed by atoms with E-state index in [4.69, 9.17) is 4.74 Å². The smallest absolute Gasteiger partial charge is 0.119 e. The Morgan fingerprint density at radius 1 is 1.11 bits per heavy atom. The maximum Gasteiger partial charge on any atom is 0.119 e. The lowest BCUT2D eigenvalue weighted by molar-refractivity contribution is -0.0677. The summed E-state index contributed by atoms with van der Waals surface area (Å²) in [6, 6.07) is 7.76. The Kier molecular flexibility index (Phi) is 4.61. The summed E-state index contributed by atoms with van der Waals surface area (Å²) in [4.78, 5) is 5.78. The zero-order chi connectivity index (χ0) is 17.3. The van der Waals surface area contributed by atoms with Crippen LogP contribution in [0.25, 0.3) is 0 Å². The summed E-state index contributed by atoms with van der Waals surface area (Å²) in [6.45, 7) is 4.03. The van der Waals surface area contributed by atoms with Gasteiger partial charge < -0.3 is 4.74 Å². The number of methoxy groups -OCH3 is 1. The lowest BCUT2D eigenvalue weighted by atomic mass is 9.52. The predicted molar refractivity (Wildman–Crippen MR) is 114 cm³/mol. The zero-order valence-corrected chi connectivity index (χ0v) is 18.2. The fourth-order valence-corrected chi connectivity index (χ4v) is 7.63. The molecule has 1 aromatic rings. The molecule has 27 heavy (non-hydrogen) atoms. The van der Waals surface area contributed by atoms with Gasteiger partial charge >= 0.3 is 0 Å². The Morgan fingerprint density at radius 3 is 2.81 bits per heavy atom. The van der Waals surface area contributed by atoms with Gasteiger partial charge in [-0.1, -0.05) is 18.9 Å². The molecule has 3 aliphatic heterocycles. The van der Waals surface area contributed by atoms with Crippen LogP contribution < -0.4 is 4.74 Å². The number of hydrogen-bond donors (Lipinski definition) is 0. The van der Waals surface area contributed by atoms with Crippen molar-refractivity contribution >= 4 is 17.0 Å². The number of benzene rings is 1. The van der Waals surface area contributed by atoms with Gasteiger partial charge in [-0.05, 0) is 80.2 Å². The molecule has 3 nitrogen and oxygen atoms in total. The summed E-state index contributed by atoms with van der Waals surface area (Å²) in [6.07, 6.45) is 12.0. The van der Waals surface area contributed by atoms with E-state index in [2.05, 4.69) is 28.0 Å². The van der Waals surface area contributed by atoms with Crippen molar-refractivity contribution in [3.8, 4) is 5.75 Å². The molecular formula is C23H33BrN2O. The highest BCUT2D eigenvalue weighted by Crippen LogP contribution is 2.57. The molecule has 0 amide bonds. The number of ether oxygens (including phenoxy) is 1. The summed E-state index contributed by atoms with van der Waals surface area (Å²) in [5.41, 5.74) is 3.72. The van der Waals surface area contributed by atoms with Gasteiger partial charge in [0.15, 0.2) is 0 Å². The van der Waals surface area contributed by atoms with Crippen LogP contribution in [0.2, 0.25) is 0 Å². The van der Waals surface area contributed by atoms with Gasteiger partial charge in [0, 0.05) is 24.5 Å². The largest absolute Gasteiger partial charge is 0.497 e. The van der Waals surface area contributed by atoms with E-state index in [0.717, 1.165) is 29.8 Å². The number of likely N-dealkylation sites (tertiary alicyclic amines) is 1. The van der Waals surface area contributed by atoms with Crippen molar-refractivity contribution in [2.24, 2.45) is 11.8 Å². The van der Waals surface area contributed by atoms with Gasteiger partial charge in [0.1, 0.15) is 5.75 Å². The second-order valence-corrected chi connectivity index (χ2v) is 9.66. The molecule has 6 rings (SSSR count). The van der Waals surface area contributed by atoms with Crippen LogP contribution in [-0.4, -0.2) is 48.8 Å². The standard InChI is InChI=1S/C23H32N2O.BrH/c1-26-18-6-5-17-13-21-19-4-2-3-8-23(19,20(17)14-18)9-11-25(21)22-12-16-7-10-24(22)15-16;/h5-6,14,16,19,21-22H,2-4,7-13,15H2,1H3;1H/t16?,19-,21-,22?,23-;/m0./s1. The number of halogens is 1. The minimum absolute atomic E-state index is 0. The van der Waals surface area contributed by atoms with E-state index in [0.29, 0.717) is 5.41 Å². The quantitative estimate of drug-likeness (QED) is 0.689. The van der Waals surface area contributed by atoms with Crippen molar-refractivity contribution in [1.82, 2.24) is 9.80 Å². The third-order valence-electron chi connectivity index (χ3n) is 8.75. The van der Waals surface area contributed by atoms with Crippen LogP contribution in [0.5, 0.6) is 5.75 Å². The molecule has 3 unspecified atom stereocenters. The van der Waals surface area contributed by atoms with Crippen LogP contribution in [0.15, 0.2) is 18.2 Å². The van der Waals surface area contributed by atoms with Crippen LogP contribution in [0.1, 0.15) is 56.1 Å². The number of fused-ring (bicyclic) bond motifs is 3. The molecule has 0 spiro atoms. The Bertz CT molecular complexity index is 724. The molecular weight excluding hydrogens is 400 g/mol. The van der Waals surface area contributed by atoms with Gasteiger partial charge in [-0.2, -0.15) is 0 Å². The summed E-state index contributed by atoms with van der Waals surface area (Å²) >= 11 is 0. The molecule has 5 aliphatic rings. The van der Waals surface area contributed by atoms with Gasteiger partial charge in [-0.3, -0.25) is 9.80 Å². The molecule has 3 heterocycles. The van der Waals surface area contributed by atoms with E-state index in [1.165, 1.54) is 71.0 Å². The summed E-state index contributed by atoms with van der Waals surface area (Å²) < 4.78 is 5.61. The van der Waals surface area contributed by atoms with Gasteiger partial charge in [0.05, 0.1) is 13.3 Å². The summed E-state index contributed by atoms with van der Waals surface area (Å²) in [7, 11) is 1.82. The average molecular weight is 433 g/mol. The highest BCUT2D eigenvalue weighted by molar-refractivity contribution is 8.93. The van der Waals surface area contributed by atoms with Crippen LogP contribution in [0.3, 0.4) is 0 Å². The maximum absolute atomic E-state index is 5.61.